The summed E-state index contributed by atoms with van der Waals surface area (Å²) in [5.74, 6) is 0. The van der Waals surface area contributed by atoms with Gasteiger partial charge in [0.2, 0.25) is 0 Å². The third kappa shape index (κ3) is 17.9. The summed E-state index contributed by atoms with van der Waals surface area (Å²) in [7, 11) is 0. The third-order valence-corrected chi connectivity index (χ3v) is 2.43. The van der Waals surface area contributed by atoms with Gasteiger partial charge in [-0.25, -0.2) is 0 Å². The van der Waals surface area contributed by atoms with Crippen molar-refractivity contribution in [1.82, 2.24) is 0 Å². The number of rotatable bonds is 0. The molecule has 0 unspecified atom stereocenters. The SMILES string of the molecule is [Zr+4].[c-]1ccccc1.[c-]1ccccc1.[c-]1ccccc1.[c-]1ccccc1. The van der Waals surface area contributed by atoms with E-state index in [1.54, 1.807) is 0 Å². The van der Waals surface area contributed by atoms with Crippen molar-refractivity contribution in [2.24, 2.45) is 0 Å². The van der Waals surface area contributed by atoms with Crippen LogP contribution in [0.2, 0.25) is 0 Å². The van der Waals surface area contributed by atoms with Gasteiger partial charge in [0.05, 0.1) is 0 Å². The Morgan fingerprint density at radius 1 is 0.240 bits per heavy atom. The standard InChI is InChI=1S/4C6H5.Zr/c4*1-2-4-6-5-3-1;/h4*1-5H;/q4*-1;+4. The van der Waals surface area contributed by atoms with Gasteiger partial charge in [-0.1, -0.05) is 0 Å². The van der Waals surface area contributed by atoms with E-state index in [0.717, 1.165) is 0 Å². The molecule has 25 heavy (non-hydrogen) atoms. The van der Waals surface area contributed by atoms with E-state index in [0.29, 0.717) is 0 Å². The van der Waals surface area contributed by atoms with Gasteiger partial charge in [-0.05, 0) is 0 Å². The van der Waals surface area contributed by atoms with Crippen LogP contribution in [0.4, 0.5) is 0 Å². The molecule has 0 spiro atoms. The Morgan fingerprint density at radius 2 is 0.400 bits per heavy atom. The largest absolute Gasteiger partial charge is 4.00 e. The first-order chi connectivity index (χ1) is 12.0. The van der Waals surface area contributed by atoms with Crippen molar-refractivity contribution in [2.75, 3.05) is 0 Å². The third-order valence-electron chi connectivity index (χ3n) is 2.43. The Bertz CT molecular complexity index is 420. The van der Waals surface area contributed by atoms with Gasteiger partial charge >= 0.3 is 26.2 Å². The smallest absolute Gasteiger partial charge is 0.184 e. The summed E-state index contributed by atoms with van der Waals surface area (Å²) < 4.78 is 0. The van der Waals surface area contributed by atoms with Crippen molar-refractivity contribution in [2.45, 2.75) is 0 Å². The molecule has 0 aliphatic rings. The van der Waals surface area contributed by atoms with Crippen LogP contribution in [0.25, 0.3) is 0 Å². The second kappa shape index (κ2) is 19.8. The maximum Gasteiger partial charge on any atom is 4.00 e. The Morgan fingerprint density at radius 3 is 0.440 bits per heavy atom. The van der Waals surface area contributed by atoms with Crippen molar-refractivity contribution in [3.63, 3.8) is 0 Å². The van der Waals surface area contributed by atoms with E-state index >= 15 is 0 Å². The van der Waals surface area contributed by atoms with Crippen molar-refractivity contribution in [1.29, 1.82) is 0 Å². The van der Waals surface area contributed by atoms with Crippen LogP contribution in [0, 0.1) is 24.3 Å². The molecule has 0 N–H and O–H groups in total. The molecule has 0 saturated heterocycles. The van der Waals surface area contributed by atoms with E-state index in [1.165, 1.54) is 0 Å². The summed E-state index contributed by atoms with van der Waals surface area (Å²) in [6, 6.07) is 50.0. The minimum Gasteiger partial charge on any atom is -0.184 e. The quantitative estimate of drug-likeness (QED) is 0.321. The van der Waals surface area contributed by atoms with E-state index in [2.05, 4.69) is 24.3 Å². The summed E-state index contributed by atoms with van der Waals surface area (Å²) in [6.07, 6.45) is 0. The van der Waals surface area contributed by atoms with Crippen molar-refractivity contribution in [3.8, 4) is 0 Å². The molecule has 0 amide bonds. The van der Waals surface area contributed by atoms with Crippen LogP contribution in [0.5, 0.6) is 0 Å². The number of hydrogen-bond donors (Lipinski definition) is 0. The topological polar surface area (TPSA) is 0 Å². The summed E-state index contributed by atoms with van der Waals surface area (Å²) >= 11 is 0. The summed E-state index contributed by atoms with van der Waals surface area (Å²) in [5, 5.41) is 0. The predicted octanol–water partition coefficient (Wildman–Crippen LogP) is 5.94. The molecule has 0 aliphatic carbocycles. The number of benzene rings is 4. The molecule has 4 aromatic carbocycles. The van der Waals surface area contributed by atoms with E-state index < -0.39 is 0 Å². The van der Waals surface area contributed by atoms with E-state index in [4.69, 9.17) is 0 Å². The Hall–Kier alpha value is -2.24. The van der Waals surface area contributed by atoms with Gasteiger partial charge in [0, 0.05) is 0 Å². The maximum absolute atomic E-state index is 2.89. The monoisotopic (exact) mass is 398 g/mol. The van der Waals surface area contributed by atoms with Crippen molar-refractivity contribution in [3.05, 3.63) is 146 Å². The zero-order valence-electron chi connectivity index (χ0n) is 14.0. The molecule has 0 atom stereocenters. The molecule has 0 radical (unpaired) electrons. The van der Waals surface area contributed by atoms with Crippen LogP contribution >= 0.6 is 0 Å². The summed E-state index contributed by atoms with van der Waals surface area (Å²) in [6.45, 7) is 0. The molecule has 0 bridgehead atoms. The van der Waals surface area contributed by atoms with Crippen molar-refractivity contribution < 1.29 is 26.2 Å². The minimum atomic E-state index is 0. The average Bonchev–Trinajstić information content (AvgIpc) is 2.75. The molecule has 4 rings (SSSR count). The summed E-state index contributed by atoms with van der Waals surface area (Å²) in [5.41, 5.74) is 0. The summed E-state index contributed by atoms with van der Waals surface area (Å²) in [4.78, 5) is 0. The molecular weight excluding hydrogens is 379 g/mol. The number of hydrogen-bond acceptors (Lipinski definition) is 0. The van der Waals surface area contributed by atoms with Gasteiger partial charge in [-0.2, -0.15) is 146 Å². The zero-order valence-corrected chi connectivity index (χ0v) is 16.5. The fourth-order valence-electron chi connectivity index (χ4n) is 1.37. The molecular formula is C24H20Zr. The fraction of sp³-hybridized carbons (Fsp3) is 0. The first kappa shape index (κ1) is 22.8. The second-order valence-electron chi connectivity index (χ2n) is 4.31. The second-order valence-corrected chi connectivity index (χ2v) is 4.31. The molecule has 0 fully saturated rings. The van der Waals surface area contributed by atoms with Gasteiger partial charge in [-0.15, -0.1) is 0 Å². The van der Waals surface area contributed by atoms with Crippen LogP contribution in [-0.2, 0) is 26.2 Å². The van der Waals surface area contributed by atoms with E-state index in [1.807, 2.05) is 121 Å². The molecule has 0 saturated carbocycles. The first-order valence-corrected chi connectivity index (χ1v) is 7.64. The average molecular weight is 400 g/mol. The van der Waals surface area contributed by atoms with Crippen LogP contribution in [0.1, 0.15) is 0 Å². The Labute approximate surface area is 171 Å². The molecule has 120 valence electrons. The molecule has 4 aromatic rings. The van der Waals surface area contributed by atoms with E-state index in [-0.39, 0.29) is 26.2 Å². The molecule has 1 heteroatoms. The van der Waals surface area contributed by atoms with Crippen LogP contribution in [0.15, 0.2) is 121 Å². The minimum absolute atomic E-state index is 0. The van der Waals surface area contributed by atoms with Gasteiger partial charge in [-0.3, -0.25) is 0 Å². The van der Waals surface area contributed by atoms with Crippen molar-refractivity contribution >= 4 is 0 Å². The van der Waals surface area contributed by atoms with Crippen LogP contribution < -0.4 is 0 Å². The Balaban J connectivity index is 0.000000303. The molecule has 0 aromatic heterocycles. The van der Waals surface area contributed by atoms with Gasteiger partial charge in [0.1, 0.15) is 0 Å². The first-order valence-electron chi connectivity index (χ1n) is 7.64. The Kier molecular flexibility index (Phi) is 18.0. The normalized spacial score (nSPS) is 7.68. The van der Waals surface area contributed by atoms with Gasteiger partial charge in [0.25, 0.3) is 0 Å². The van der Waals surface area contributed by atoms with Crippen LogP contribution in [0.3, 0.4) is 0 Å². The van der Waals surface area contributed by atoms with Gasteiger partial charge in [0.15, 0.2) is 0 Å². The molecule has 0 heterocycles. The van der Waals surface area contributed by atoms with Crippen LogP contribution in [-0.4, -0.2) is 0 Å². The van der Waals surface area contributed by atoms with Gasteiger partial charge < -0.3 is 0 Å². The maximum atomic E-state index is 2.89. The predicted molar refractivity (Wildman–Crippen MR) is 101 cm³/mol. The zero-order chi connectivity index (χ0) is 17.0. The fourth-order valence-corrected chi connectivity index (χ4v) is 1.37. The van der Waals surface area contributed by atoms with E-state index in [9.17, 15) is 0 Å². The molecule has 0 aliphatic heterocycles. The molecule has 0 nitrogen and oxygen atoms in total.